The number of alkyl halides is 3. The largest absolute Gasteiger partial charge is 0.416 e. The molecule has 31 heavy (non-hydrogen) atoms. The van der Waals surface area contributed by atoms with E-state index < -0.39 is 11.7 Å². The van der Waals surface area contributed by atoms with Crippen molar-refractivity contribution >= 4 is 28.9 Å². The highest BCUT2D eigenvalue weighted by Crippen LogP contribution is 2.49. The highest BCUT2D eigenvalue weighted by molar-refractivity contribution is 7.99. The number of anilines is 2. The van der Waals surface area contributed by atoms with Crippen LogP contribution in [0.1, 0.15) is 38.2 Å². The molecule has 2 aromatic rings. The number of nitrogens with zero attached hydrogens (tertiary/aromatic N) is 2. The number of likely N-dealkylation sites (tertiary alicyclic amines) is 1. The van der Waals surface area contributed by atoms with Crippen LogP contribution in [0.5, 0.6) is 0 Å². The van der Waals surface area contributed by atoms with E-state index in [9.17, 15) is 18.0 Å². The van der Waals surface area contributed by atoms with Gasteiger partial charge >= 0.3 is 6.18 Å². The lowest BCUT2D eigenvalue weighted by Gasteiger charge is -2.35. The van der Waals surface area contributed by atoms with Crippen LogP contribution in [-0.4, -0.2) is 36.9 Å². The maximum Gasteiger partial charge on any atom is 0.416 e. The van der Waals surface area contributed by atoms with E-state index in [0.29, 0.717) is 24.6 Å². The van der Waals surface area contributed by atoms with Crippen LogP contribution in [-0.2, 0) is 11.0 Å². The molecule has 2 aliphatic heterocycles. The van der Waals surface area contributed by atoms with Gasteiger partial charge in [-0.05, 0) is 82.1 Å². The summed E-state index contributed by atoms with van der Waals surface area (Å²) in [5.74, 6) is 0.754. The lowest BCUT2D eigenvalue weighted by Crippen LogP contribution is -2.36. The molecule has 166 valence electrons. The van der Waals surface area contributed by atoms with Crippen molar-refractivity contribution in [2.45, 2.75) is 48.6 Å². The van der Waals surface area contributed by atoms with Gasteiger partial charge in [0.2, 0.25) is 0 Å². The van der Waals surface area contributed by atoms with E-state index in [1.807, 2.05) is 29.2 Å². The Morgan fingerprint density at radius 2 is 1.74 bits per heavy atom. The van der Waals surface area contributed by atoms with E-state index in [-0.39, 0.29) is 5.78 Å². The molecule has 0 N–H and O–H groups in total. The zero-order valence-electron chi connectivity index (χ0n) is 17.6. The molecule has 4 rings (SSSR count). The molecular weight excluding hydrogens is 421 g/mol. The Bertz CT molecular complexity index is 939. The predicted octanol–water partition coefficient (Wildman–Crippen LogP) is 6.39. The van der Waals surface area contributed by atoms with E-state index in [1.165, 1.54) is 23.9 Å². The maximum atomic E-state index is 13.3. The quantitative estimate of drug-likeness (QED) is 0.511. The fraction of sp³-hybridized carbons (Fsp3) is 0.458. The Morgan fingerprint density at radius 3 is 2.45 bits per heavy atom. The Balaban J connectivity index is 1.45. The third-order valence-electron chi connectivity index (χ3n) is 6.09. The molecule has 2 heterocycles. The minimum absolute atomic E-state index is 0.261. The number of para-hydroxylation sites is 1. The third kappa shape index (κ3) is 5.26. The van der Waals surface area contributed by atoms with Crippen molar-refractivity contribution in [2.24, 2.45) is 5.92 Å². The summed E-state index contributed by atoms with van der Waals surface area (Å²) >= 11 is 1.53. The highest BCUT2D eigenvalue weighted by Gasteiger charge is 2.33. The molecule has 0 aromatic heterocycles. The molecule has 0 unspecified atom stereocenters. The number of rotatable bonds is 6. The van der Waals surface area contributed by atoms with E-state index in [0.717, 1.165) is 54.4 Å². The normalized spacial score (nSPS) is 17.4. The fourth-order valence-corrected chi connectivity index (χ4v) is 5.60. The molecule has 1 saturated heterocycles. The molecule has 0 saturated carbocycles. The first-order chi connectivity index (χ1) is 14.8. The molecule has 0 aliphatic carbocycles. The summed E-state index contributed by atoms with van der Waals surface area (Å²) in [6, 6.07) is 11.9. The summed E-state index contributed by atoms with van der Waals surface area (Å²) in [5.41, 5.74) is 1.00. The number of carbonyl (C=O) groups is 1. The summed E-state index contributed by atoms with van der Waals surface area (Å²) in [6.07, 6.45) is -0.728. The van der Waals surface area contributed by atoms with Crippen LogP contribution in [0.3, 0.4) is 0 Å². The molecule has 0 bridgehead atoms. The summed E-state index contributed by atoms with van der Waals surface area (Å²) in [4.78, 5) is 17.7. The average molecular weight is 449 g/mol. The number of hydrogen-bond donors (Lipinski definition) is 0. The number of halogens is 3. The molecule has 3 nitrogen and oxygen atoms in total. The standard InChI is InChI=1S/C24H27F3N2OS/c1-17(30)15-18-9-13-28(14-10-18)11-4-12-29-20-5-2-3-6-22(20)31-23-8-7-19(16-21(23)29)24(25,26)27/h2-3,5-8,16,18H,4,9-15H2,1H3. The molecule has 2 aliphatic rings. The fourth-order valence-electron chi connectivity index (χ4n) is 4.52. The van der Waals surface area contributed by atoms with Crippen LogP contribution < -0.4 is 4.90 Å². The number of carbonyl (C=O) groups excluding carboxylic acids is 1. The second-order valence-electron chi connectivity index (χ2n) is 8.45. The molecule has 0 radical (unpaired) electrons. The van der Waals surface area contributed by atoms with Crippen molar-refractivity contribution in [2.75, 3.05) is 31.1 Å². The van der Waals surface area contributed by atoms with Gasteiger partial charge in [-0.2, -0.15) is 13.2 Å². The molecule has 0 spiro atoms. The van der Waals surface area contributed by atoms with Crippen molar-refractivity contribution in [3.05, 3.63) is 48.0 Å². The van der Waals surface area contributed by atoms with Crippen molar-refractivity contribution in [3.8, 4) is 0 Å². The van der Waals surface area contributed by atoms with E-state index >= 15 is 0 Å². The van der Waals surface area contributed by atoms with Gasteiger partial charge in [-0.3, -0.25) is 0 Å². The number of hydrogen-bond acceptors (Lipinski definition) is 4. The second-order valence-corrected chi connectivity index (χ2v) is 9.53. The third-order valence-corrected chi connectivity index (χ3v) is 7.22. The van der Waals surface area contributed by atoms with Gasteiger partial charge in [0.05, 0.1) is 16.9 Å². The zero-order valence-corrected chi connectivity index (χ0v) is 18.4. The molecular formula is C24H27F3N2OS. The van der Waals surface area contributed by atoms with Gasteiger partial charge in [0, 0.05) is 22.8 Å². The topological polar surface area (TPSA) is 23.6 Å². The van der Waals surface area contributed by atoms with Crippen molar-refractivity contribution < 1.29 is 18.0 Å². The van der Waals surface area contributed by atoms with Crippen LogP contribution >= 0.6 is 11.8 Å². The van der Waals surface area contributed by atoms with Crippen molar-refractivity contribution in [1.29, 1.82) is 0 Å². The van der Waals surface area contributed by atoms with Gasteiger partial charge < -0.3 is 14.6 Å². The molecule has 7 heteroatoms. The van der Waals surface area contributed by atoms with Crippen LogP contribution in [0.25, 0.3) is 0 Å². The number of ketones is 1. The SMILES string of the molecule is CC(=O)CC1CCN(CCCN2c3ccccc3Sc3ccc(C(F)(F)F)cc32)CC1. The van der Waals surface area contributed by atoms with Crippen LogP contribution in [0.15, 0.2) is 52.3 Å². The Hall–Kier alpha value is -1.99. The first kappa shape index (κ1) is 22.2. The molecule has 0 atom stereocenters. The van der Waals surface area contributed by atoms with E-state index in [4.69, 9.17) is 0 Å². The first-order valence-electron chi connectivity index (χ1n) is 10.8. The molecule has 1 fully saturated rings. The van der Waals surface area contributed by atoms with Gasteiger partial charge in [-0.1, -0.05) is 23.9 Å². The van der Waals surface area contributed by atoms with Gasteiger partial charge in [0.15, 0.2) is 0 Å². The lowest BCUT2D eigenvalue weighted by molar-refractivity contribution is -0.137. The summed E-state index contributed by atoms with van der Waals surface area (Å²) < 4.78 is 40.0. The minimum Gasteiger partial charge on any atom is -0.340 e. The van der Waals surface area contributed by atoms with Crippen LogP contribution in [0.2, 0.25) is 0 Å². The number of fused-ring (bicyclic) bond motifs is 2. The number of Topliss-reactive ketones (excluding diaryl/α,β-unsaturated/α-hetero) is 1. The van der Waals surface area contributed by atoms with Gasteiger partial charge in [-0.15, -0.1) is 0 Å². The van der Waals surface area contributed by atoms with Crippen LogP contribution in [0, 0.1) is 5.92 Å². The van der Waals surface area contributed by atoms with Crippen LogP contribution in [0.4, 0.5) is 24.5 Å². The highest BCUT2D eigenvalue weighted by atomic mass is 32.2. The maximum absolute atomic E-state index is 13.3. The summed E-state index contributed by atoms with van der Waals surface area (Å²) in [7, 11) is 0. The summed E-state index contributed by atoms with van der Waals surface area (Å²) in [5, 5.41) is 0. The Kier molecular flexibility index (Phi) is 6.63. The number of benzene rings is 2. The van der Waals surface area contributed by atoms with Gasteiger partial charge in [0.1, 0.15) is 5.78 Å². The predicted molar refractivity (Wildman–Crippen MR) is 118 cm³/mol. The van der Waals surface area contributed by atoms with Crippen molar-refractivity contribution in [1.82, 2.24) is 4.90 Å². The Morgan fingerprint density at radius 1 is 1.03 bits per heavy atom. The number of piperidine rings is 1. The molecule has 2 aromatic carbocycles. The van der Waals surface area contributed by atoms with E-state index in [1.54, 1.807) is 13.0 Å². The Labute approximate surface area is 185 Å². The minimum atomic E-state index is -4.35. The second kappa shape index (κ2) is 9.25. The van der Waals surface area contributed by atoms with Gasteiger partial charge in [-0.25, -0.2) is 0 Å². The van der Waals surface area contributed by atoms with Crippen molar-refractivity contribution in [3.63, 3.8) is 0 Å². The monoisotopic (exact) mass is 448 g/mol. The smallest absolute Gasteiger partial charge is 0.340 e. The summed E-state index contributed by atoms with van der Waals surface area (Å²) in [6.45, 7) is 5.20. The lowest BCUT2D eigenvalue weighted by atomic mass is 9.92. The van der Waals surface area contributed by atoms with E-state index in [2.05, 4.69) is 4.90 Å². The van der Waals surface area contributed by atoms with Gasteiger partial charge in [0.25, 0.3) is 0 Å². The molecule has 0 amide bonds. The first-order valence-corrected chi connectivity index (χ1v) is 11.6. The average Bonchev–Trinajstić information content (AvgIpc) is 2.73. The zero-order chi connectivity index (χ0) is 22.0.